The minimum Gasteiger partial charge on any atom is -0.381 e. The van der Waals surface area contributed by atoms with Crippen molar-refractivity contribution < 1.29 is 9.53 Å². The maximum atomic E-state index is 10.8. The first-order valence-electron chi connectivity index (χ1n) is 4.21. The largest absolute Gasteiger partial charge is 0.381 e. The fraction of sp³-hybridized carbons (Fsp3) is 0.778. The van der Waals surface area contributed by atoms with Gasteiger partial charge in [-0.2, -0.15) is 5.26 Å². The van der Waals surface area contributed by atoms with E-state index in [-0.39, 0.29) is 17.6 Å². The summed E-state index contributed by atoms with van der Waals surface area (Å²) in [7, 11) is 0. The van der Waals surface area contributed by atoms with Crippen LogP contribution in [0, 0.1) is 23.2 Å². The Labute approximate surface area is 72.3 Å². The minimum absolute atomic E-state index is 0.0912. The first kappa shape index (κ1) is 9.21. The molecular weight excluding hydrogens is 154 g/mol. The Bertz CT molecular complexity index is 201. The molecule has 3 nitrogen and oxygen atoms in total. The molecule has 0 aromatic carbocycles. The number of ketones is 1. The molecule has 0 radical (unpaired) electrons. The number of carbonyl (C=O) groups is 1. The van der Waals surface area contributed by atoms with Crippen molar-refractivity contribution in [2.75, 3.05) is 13.2 Å². The molecule has 0 aliphatic carbocycles. The second-order valence-electron chi connectivity index (χ2n) is 3.27. The SMILES string of the molecule is CC(=O)CC(C#N)C1CCOC1. The lowest BCUT2D eigenvalue weighted by Gasteiger charge is -2.12. The maximum absolute atomic E-state index is 10.8. The smallest absolute Gasteiger partial charge is 0.131 e. The number of rotatable bonds is 3. The molecule has 0 amide bonds. The van der Waals surface area contributed by atoms with Gasteiger partial charge in [-0.05, 0) is 13.3 Å². The highest BCUT2D eigenvalue weighted by Gasteiger charge is 2.26. The van der Waals surface area contributed by atoms with Crippen molar-refractivity contribution in [3.8, 4) is 6.07 Å². The van der Waals surface area contributed by atoms with E-state index in [1.54, 1.807) is 0 Å². The Morgan fingerprint density at radius 3 is 3.00 bits per heavy atom. The quantitative estimate of drug-likeness (QED) is 0.633. The lowest BCUT2D eigenvalue weighted by atomic mass is 9.89. The van der Waals surface area contributed by atoms with Crippen LogP contribution in [-0.4, -0.2) is 19.0 Å². The molecule has 0 bridgehead atoms. The van der Waals surface area contributed by atoms with Gasteiger partial charge in [0.2, 0.25) is 0 Å². The third-order valence-corrected chi connectivity index (χ3v) is 2.21. The topological polar surface area (TPSA) is 50.1 Å². The highest BCUT2D eigenvalue weighted by molar-refractivity contribution is 5.76. The van der Waals surface area contributed by atoms with Crippen molar-refractivity contribution >= 4 is 5.78 Å². The van der Waals surface area contributed by atoms with Crippen molar-refractivity contribution in [1.29, 1.82) is 5.26 Å². The third-order valence-electron chi connectivity index (χ3n) is 2.21. The normalized spacial score (nSPS) is 24.8. The number of hydrogen-bond acceptors (Lipinski definition) is 3. The molecule has 3 heteroatoms. The molecule has 0 aromatic rings. The van der Waals surface area contributed by atoms with Crippen molar-refractivity contribution in [3.05, 3.63) is 0 Å². The molecule has 1 heterocycles. The van der Waals surface area contributed by atoms with Gasteiger partial charge in [0.25, 0.3) is 0 Å². The predicted molar refractivity (Wildman–Crippen MR) is 43.3 cm³/mol. The summed E-state index contributed by atoms with van der Waals surface area (Å²) in [5.74, 6) is 0.234. The fourth-order valence-corrected chi connectivity index (χ4v) is 1.50. The van der Waals surface area contributed by atoms with Gasteiger partial charge >= 0.3 is 0 Å². The number of carbonyl (C=O) groups excluding carboxylic acids is 1. The molecule has 0 aromatic heterocycles. The molecule has 1 fully saturated rings. The highest BCUT2D eigenvalue weighted by atomic mass is 16.5. The Morgan fingerprint density at radius 2 is 2.58 bits per heavy atom. The lowest BCUT2D eigenvalue weighted by Crippen LogP contribution is -2.15. The van der Waals surface area contributed by atoms with Crippen LogP contribution in [-0.2, 0) is 9.53 Å². The van der Waals surface area contributed by atoms with Gasteiger partial charge in [0.1, 0.15) is 5.78 Å². The van der Waals surface area contributed by atoms with Gasteiger partial charge in [-0.15, -0.1) is 0 Å². The van der Waals surface area contributed by atoms with Gasteiger partial charge in [0.15, 0.2) is 0 Å². The second-order valence-corrected chi connectivity index (χ2v) is 3.27. The summed E-state index contributed by atoms with van der Waals surface area (Å²) in [4.78, 5) is 10.8. The van der Waals surface area contributed by atoms with E-state index < -0.39 is 0 Å². The van der Waals surface area contributed by atoms with Crippen LogP contribution < -0.4 is 0 Å². The summed E-state index contributed by atoms with van der Waals surface area (Å²) in [5, 5.41) is 8.78. The van der Waals surface area contributed by atoms with E-state index in [1.807, 2.05) is 0 Å². The summed E-state index contributed by atoms with van der Waals surface area (Å²) in [6, 6.07) is 2.17. The molecule has 12 heavy (non-hydrogen) atoms. The Balaban J connectivity index is 2.44. The van der Waals surface area contributed by atoms with Gasteiger partial charge in [-0.1, -0.05) is 0 Å². The van der Waals surface area contributed by atoms with E-state index in [0.717, 1.165) is 13.0 Å². The summed E-state index contributed by atoms with van der Waals surface area (Å²) in [6.45, 7) is 2.91. The molecule has 66 valence electrons. The lowest BCUT2D eigenvalue weighted by molar-refractivity contribution is -0.117. The van der Waals surface area contributed by atoms with Gasteiger partial charge in [0, 0.05) is 18.9 Å². The zero-order chi connectivity index (χ0) is 8.97. The Morgan fingerprint density at radius 1 is 1.83 bits per heavy atom. The van der Waals surface area contributed by atoms with Crippen LogP contribution in [0.15, 0.2) is 0 Å². The van der Waals surface area contributed by atoms with E-state index in [2.05, 4.69) is 6.07 Å². The second kappa shape index (κ2) is 4.22. The Hall–Kier alpha value is -0.880. The first-order valence-corrected chi connectivity index (χ1v) is 4.21. The highest BCUT2D eigenvalue weighted by Crippen LogP contribution is 2.24. The van der Waals surface area contributed by atoms with Crippen molar-refractivity contribution in [1.82, 2.24) is 0 Å². The Kier molecular flexibility index (Phi) is 3.24. The summed E-state index contributed by atoms with van der Waals surface area (Å²) >= 11 is 0. The van der Waals surface area contributed by atoms with Crippen molar-refractivity contribution in [2.45, 2.75) is 19.8 Å². The maximum Gasteiger partial charge on any atom is 0.131 e. The molecule has 1 aliphatic rings. The molecule has 2 atom stereocenters. The van der Waals surface area contributed by atoms with Crippen LogP contribution in [0.25, 0.3) is 0 Å². The van der Waals surface area contributed by atoms with E-state index in [1.165, 1.54) is 6.92 Å². The van der Waals surface area contributed by atoms with E-state index in [4.69, 9.17) is 10.00 Å². The van der Waals surface area contributed by atoms with Gasteiger partial charge in [0.05, 0.1) is 18.6 Å². The number of hydrogen-bond donors (Lipinski definition) is 0. The van der Waals surface area contributed by atoms with E-state index in [0.29, 0.717) is 13.0 Å². The molecule has 1 saturated heterocycles. The summed E-state index contributed by atoms with van der Waals surface area (Å²) in [6.07, 6.45) is 1.30. The first-order chi connectivity index (χ1) is 5.74. The van der Waals surface area contributed by atoms with Crippen LogP contribution in [0.4, 0.5) is 0 Å². The predicted octanol–water partition coefficient (Wildman–Crippen LogP) is 1.14. The van der Waals surface area contributed by atoms with Gasteiger partial charge in [-0.25, -0.2) is 0 Å². The van der Waals surface area contributed by atoms with Crippen LogP contribution in [0.1, 0.15) is 19.8 Å². The molecule has 0 saturated carbocycles. The number of nitrogens with zero attached hydrogens (tertiary/aromatic N) is 1. The average Bonchev–Trinajstić information content (AvgIpc) is 2.51. The summed E-state index contributed by atoms with van der Waals surface area (Å²) < 4.78 is 5.16. The zero-order valence-electron chi connectivity index (χ0n) is 7.25. The fourth-order valence-electron chi connectivity index (χ4n) is 1.50. The molecule has 1 rings (SSSR count). The van der Waals surface area contributed by atoms with Crippen LogP contribution in [0.3, 0.4) is 0 Å². The van der Waals surface area contributed by atoms with Crippen LogP contribution in [0.2, 0.25) is 0 Å². The monoisotopic (exact) mass is 167 g/mol. The van der Waals surface area contributed by atoms with Crippen molar-refractivity contribution in [2.24, 2.45) is 11.8 Å². The molecule has 0 N–H and O–H groups in total. The molecule has 2 unspecified atom stereocenters. The molecule has 1 aliphatic heterocycles. The van der Waals surface area contributed by atoms with Gasteiger partial charge in [-0.3, -0.25) is 4.79 Å². The average molecular weight is 167 g/mol. The standard InChI is InChI=1S/C9H13NO2/c1-7(11)4-9(5-10)8-2-3-12-6-8/h8-9H,2-4,6H2,1H3. The summed E-state index contributed by atoms with van der Waals surface area (Å²) in [5.41, 5.74) is 0. The van der Waals surface area contributed by atoms with Crippen LogP contribution in [0.5, 0.6) is 0 Å². The van der Waals surface area contributed by atoms with Gasteiger partial charge < -0.3 is 4.74 Å². The number of nitriles is 1. The number of Topliss-reactive ketones (excluding diaryl/α,β-unsaturated/α-hetero) is 1. The molecule has 0 spiro atoms. The minimum atomic E-state index is -0.134. The number of ether oxygens (including phenoxy) is 1. The zero-order valence-corrected chi connectivity index (χ0v) is 7.25. The molecular formula is C9H13NO2. The van der Waals surface area contributed by atoms with E-state index >= 15 is 0 Å². The van der Waals surface area contributed by atoms with Crippen LogP contribution >= 0.6 is 0 Å². The van der Waals surface area contributed by atoms with Crippen molar-refractivity contribution in [3.63, 3.8) is 0 Å². The third kappa shape index (κ3) is 2.31. The van der Waals surface area contributed by atoms with E-state index in [9.17, 15) is 4.79 Å².